The van der Waals surface area contributed by atoms with E-state index in [0.717, 1.165) is 17.7 Å². The zero-order valence-electron chi connectivity index (χ0n) is 13.5. The molecule has 2 aromatic carbocycles. The van der Waals surface area contributed by atoms with Crippen LogP contribution < -0.4 is 9.47 Å². The van der Waals surface area contributed by atoms with E-state index in [-0.39, 0.29) is 0 Å². The lowest BCUT2D eigenvalue weighted by atomic mass is 10.2. The summed E-state index contributed by atoms with van der Waals surface area (Å²) in [6, 6.07) is 12.6. The van der Waals surface area contributed by atoms with Crippen molar-refractivity contribution in [2.75, 3.05) is 13.7 Å². The van der Waals surface area contributed by atoms with Crippen LogP contribution >= 0.6 is 23.2 Å². The minimum Gasteiger partial charge on any atom is -0.497 e. The Morgan fingerprint density at radius 3 is 2.56 bits per heavy atom. The molecule has 5 nitrogen and oxygen atoms in total. The van der Waals surface area contributed by atoms with Crippen LogP contribution in [0.15, 0.2) is 46.9 Å². The van der Waals surface area contributed by atoms with E-state index in [1.165, 1.54) is 0 Å². The standard InChI is InChI=1S/C18H16Cl2N2O3/c1-23-14-7-4-12(5-8-14)18-22-21-17(25-18)3-2-10-24-16-9-6-13(19)11-15(16)20/h4-9,11H,2-3,10H2,1H3. The fraction of sp³-hybridized carbons (Fsp3) is 0.222. The summed E-state index contributed by atoms with van der Waals surface area (Å²) in [7, 11) is 1.62. The smallest absolute Gasteiger partial charge is 0.247 e. The van der Waals surface area contributed by atoms with Gasteiger partial charge in [0.1, 0.15) is 11.5 Å². The molecule has 0 amide bonds. The van der Waals surface area contributed by atoms with Gasteiger partial charge in [-0.2, -0.15) is 0 Å². The molecule has 130 valence electrons. The fourth-order valence-corrected chi connectivity index (χ4v) is 2.67. The Hall–Kier alpha value is -2.24. The first kappa shape index (κ1) is 17.6. The third kappa shape index (κ3) is 4.65. The maximum absolute atomic E-state index is 6.06. The van der Waals surface area contributed by atoms with Gasteiger partial charge in [0.05, 0.1) is 18.7 Å². The van der Waals surface area contributed by atoms with E-state index >= 15 is 0 Å². The van der Waals surface area contributed by atoms with Crippen molar-refractivity contribution < 1.29 is 13.9 Å². The van der Waals surface area contributed by atoms with Gasteiger partial charge in [0.15, 0.2) is 0 Å². The quantitative estimate of drug-likeness (QED) is 0.537. The van der Waals surface area contributed by atoms with E-state index < -0.39 is 0 Å². The van der Waals surface area contributed by atoms with E-state index in [1.807, 2.05) is 24.3 Å². The number of aryl methyl sites for hydroxylation is 1. The zero-order chi connectivity index (χ0) is 17.6. The molecule has 0 atom stereocenters. The second kappa shape index (κ2) is 8.23. The summed E-state index contributed by atoms with van der Waals surface area (Å²) in [6.07, 6.45) is 1.34. The number of ether oxygens (including phenoxy) is 2. The van der Waals surface area contributed by atoms with Crippen molar-refractivity contribution in [2.45, 2.75) is 12.8 Å². The van der Waals surface area contributed by atoms with E-state index in [0.29, 0.717) is 40.6 Å². The SMILES string of the molecule is COc1ccc(-c2nnc(CCCOc3ccc(Cl)cc3Cl)o2)cc1. The maximum atomic E-state index is 6.06. The Balaban J connectivity index is 1.51. The van der Waals surface area contributed by atoms with E-state index in [9.17, 15) is 0 Å². The maximum Gasteiger partial charge on any atom is 0.247 e. The van der Waals surface area contributed by atoms with Crippen molar-refractivity contribution in [2.24, 2.45) is 0 Å². The van der Waals surface area contributed by atoms with Crippen LogP contribution in [-0.2, 0) is 6.42 Å². The molecule has 0 N–H and O–H groups in total. The zero-order valence-corrected chi connectivity index (χ0v) is 15.0. The van der Waals surface area contributed by atoms with Crippen LogP contribution in [0.25, 0.3) is 11.5 Å². The molecular formula is C18H16Cl2N2O3. The van der Waals surface area contributed by atoms with Crippen molar-refractivity contribution >= 4 is 23.2 Å². The molecule has 1 aromatic heterocycles. The number of methoxy groups -OCH3 is 1. The van der Waals surface area contributed by atoms with Crippen molar-refractivity contribution in [3.63, 3.8) is 0 Å². The molecule has 3 rings (SSSR count). The molecular weight excluding hydrogens is 363 g/mol. The Labute approximate surface area is 155 Å². The van der Waals surface area contributed by atoms with E-state index in [4.69, 9.17) is 37.1 Å². The number of rotatable bonds is 7. The first-order chi connectivity index (χ1) is 12.2. The molecule has 0 unspecified atom stereocenters. The molecule has 0 spiro atoms. The highest BCUT2D eigenvalue weighted by Crippen LogP contribution is 2.27. The topological polar surface area (TPSA) is 57.4 Å². The summed E-state index contributed by atoms with van der Waals surface area (Å²) < 4.78 is 16.4. The Morgan fingerprint density at radius 1 is 1.04 bits per heavy atom. The molecule has 1 heterocycles. The molecule has 0 saturated carbocycles. The van der Waals surface area contributed by atoms with Gasteiger partial charge < -0.3 is 13.9 Å². The molecule has 0 saturated heterocycles. The summed E-state index contributed by atoms with van der Waals surface area (Å²) in [5, 5.41) is 9.20. The normalized spacial score (nSPS) is 10.7. The molecule has 7 heteroatoms. The van der Waals surface area contributed by atoms with Gasteiger partial charge in [-0.1, -0.05) is 23.2 Å². The summed E-state index contributed by atoms with van der Waals surface area (Å²) >= 11 is 11.9. The predicted molar refractivity (Wildman–Crippen MR) is 96.6 cm³/mol. The van der Waals surface area contributed by atoms with Crippen molar-refractivity contribution in [3.8, 4) is 23.0 Å². The van der Waals surface area contributed by atoms with Crippen LogP contribution in [0.3, 0.4) is 0 Å². The predicted octanol–water partition coefficient (Wildman–Crippen LogP) is 5.06. The van der Waals surface area contributed by atoms with Gasteiger partial charge in [0, 0.05) is 17.0 Å². The van der Waals surface area contributed by atoms with Crippen LogP contribution in [-0.4, -0.2) is 23.9 Å². The highest BCUT2D eigenvalue weighted by atomic mass is 35.5. The second-order valence-corrected chi connectivity index (χ2v) is 6.10. The van der Waals surface area contributed by atoms with Gasteiger partial charge in [-0.25, -0.2) is 0 Å². The average molecular weight is 379 g/mol. The van der Waals surface area contributed by atoms with Gasteiger partial charge in [-0.05, 0) is 48.9 Å². The van der Waals surface area contributed by atoms with Crippen LogP contribution in [0.5, 0.6) is 11.5 Å². The number of hydrogen-bond donors (Lipinski definition) is 0. The minimum absolute atomic E-state index is 0.485. The molecule has 0 fully saturated rings. The first-order valence-corrected chi connectivity index (χ1v) is 8.46. The van der Waals surface area contributed by atoms with Gasteiger partial charge >= 0.3 is 0 Å². The van der Waals surface area contributed by atoms with Gasteiger partial charge in [-0.15, -0.1) is 10.2 Å². The minimum atomic E-state index is 0.485. The van der Waals surface area contributed by atoms with E-state index in [1.54, 1.807) is 25.3 Å². The van der Waals surface area contributed by atoms with E-state index in [2.05, 4.69) is 10.2 Å². The second-order valence-electron chi connectivity index (χ2n) is 5.26. The third-order valence-corrected chi connectivity index (χ3v) is 4.02. The van der Waals surface area contributed by atoms with Crippen LogP contribution in [0.1, 0.15) is 12.3 Å². The van der Waals surface area contributed by atoms with Gasteiger partial charge in [-0.3, -0.25) is 0 Å². The number of aromatic nitrogens is 2. The molecule has 25 heavy (non-hydrogen) atoms. The van der Waals surface area contributed by atoms with Crippen molar-refractivity contribution in [1.29, 1.82) is 0 Å². The van der Waals surface area contributed by atoms with Crippen LogP contribution in [0, 0.1) is 0 Å². The number of benzene rings is 2. The van der Waals surface area contributed by atoms with Crippen LogP contribution in [0.4, 0.5) is 0 Å². The number of nitrogens with zero attached hydrogens (tertiary/aromatic N) is 2. The third-order valence-electron chi connectivity index (χ3n) is 3.49. The van der Waals surface area contributed by atoms with Crippen molar-refractivity contribution in [3.05, 3.63) is 58.4 Å². The number of halogens is 2. The molecule has 0 radical (unpaired) electrons. The summed E-state index contributed by atoms with van der Waals surface area (Å²) in [4.78, 5) is 0. The lowest BCUT2D eigenvalue weighted by Crippen LogP contribution is -2.00. The monoisotopic (exact) mass is 378 g/mol. The highest BCUT2D eigenvalue weighted by molar-refractivity contribution is 6.35. The molecule has 0 bridgehead atoms. The van der Waals surface area contributed by atoms with Crippen molar-refractivity contribution in [1.82, 2.24) is 10.2 Å². The number of hydrogen-bond acceptors (Lipinski definition) is 5. The Morgan fingerprint density at radius 2 is 1.84 bits per heavy atom. The fourth-order valence-electron chi connectivity index (χ4n) is 2.20. The lowest BCUT2D eigenvalue weighted by molar-refractivity contribution is 0.305. The first-order valence-electron chi connectivity index (χ1n) is 7.70. The molecule has 0 aliphatic heterocycles. The highest BCUT2D eigenvalue weighted by Gasteiger charge is 2.09. The summed E-state index contributed by atoms with van der Waals surface area (Å²) in [6.45, 7) is 0.488. The van der Waals surface area contributed by atoms with Gasteiger partial charge in [0.25, 0.3) is 0 Å². The van der Waals surface area contributed by atoms with Gasteiger partial charge in [0.2, 0.25) is 11.8 Å². The average Bonchev–Trinajstić information content (AvgIpc) is 3.09. The molecule has 0 aliphatic carbocycles. The summed E-state index contributed by atoms with van der Waals surface area (Å²) in [5.74, 6) is 2.44. The molecule has 3 aromatic rings. The lowest BCUT2D eigenvalue weighted by Gasteiger charge is -2.07. The molecule has 0 aliphatic rings. The Bertz CT molecular complexity index is 835. The Kier molecular flexibility index (Phi) is 5.79. The largest absolute Gasteiger partial charge is 0.497 e. The summed E-state index contributed by atoms with van der Waals surface area (Å²) in [5.41, 5.74) is 0.851. The van der Waals surface area contributed by atoms with Crippen LogP contribution in [0.2, 0.25) is 10.0 Å².